The van der Waals surface area contributed by atoms with E-state index < -0.39 is 0 Å². The van der Waals surface area contributed by atoms with Crippen molar-refractivity contribution in [2.45, 2.75) is 24.8 Å². The fourth-order valence-corrected chi connectivity index (χ4v) is 2.97. The molecule has 3 N–H and O–H groups in total. The number of hydrogen-bond donors (Lipinski definition) is 2. The summed E-state index contributed by atoms with van der Waals surface area (Å²) in [6.45, 7) is 0.710. The third kappa shape index (κ3) is 3.06. The maximum absolute atomic E-state index is 13.4. The average molecular weight is 286 g/mol. The molecule has 2 aromatic rings. The lowest BCUT2D eigenvalue weighted by Gasteiger charge is -2.29. The minimum Gasteiger partial charge on any atom is -0.493 e. The number of nitrogens with two attached hydrogens (primary N) is 1. The van der Waals surface area contributed by atoms with E-state index in [0.29, 0.717) is 12.5 Å². The molecule has 3 nitrogen and oxygen atoms in total. The summed E-state index contributed by atoms with van der Waals surface area (Å²) in [5, 5.41) is 0. The number of rotatable bonds is 4. The van der Waals surface area contributed by atoms with Gasteiger partial charge in [-0.25, -0.2) is 4.39 Å². The Morgan fingerprint density at radius 2 is 2.10 bits per heavy atom. The first kappa shape index (κ1) is 14.0. The molecule has 0 bridgehead atoms. The summed E-state index contributed by atoms with van der Waals surface area (Å²) in [5.41, 5.74) is 4.90. The highest BCUT2D eigenvalue weighted by Gasteiger charge is 2.24. The number of benzene rings is 2. The Balaban J connectivity index is 1.82. The van der Waals surface area contributed by atoms with Gasteiger partial charge >= 0.3 is 0 Å². The van der Waals surface area contributed by atoms with Crippen LogP contribution in [0.5, 0.6) is 5.75 Å². The Hall–Kier alpha value is -1.91. The van der Waals surface area contributed by atoms with Crippen molar-refractivity contribution in [3.05, 3.63) is 65.5 Å². The van der Waals surface area contributed by atoms with Crippen molar-refractivity contribution < 1.29 is 9.13 Å². The molecule has 0 spiro atoms. The van der Waals surface area contributed by atoms with Crippen molar-refractivity contribution >= 4 is 0 Å². The molecule has 110 valence electrons. The Bertz CT molecular complexity index is 617. The number of ether oxygens (including phenoxy) is 1. The van der Waals surface area contributed by atoms with Gasteiger partial charge in [0, 0.05) is 6.04 Å². The van der Waals surface area contributed by atoms with Crippen LogP contribution in [0.25, 0.3) is 0 Å². The number of hydrogen-bond acceptors (Lipinski definition) is 3. The number of fused-ring (bicyclic) bond motifs is 1. The van der Waals surface area contributed by atoms with E-state index in [1.165, 1.54) is 17.7 Å². The molecule has 0 aromatic heterocycles. The standard InChI is InChI=1S/C17H19FN2O/c18-14-5-3-4-13(10-14)16(20-19)11-12-8-9-21-17-7-2-1-6-15(12)17/h1-7,10,12,16,20H,8-9,11,19H2. The molecule has 0 amide bonds. The summed E-state index contributed by atoms with van der Waals surface area (Å²) < 4.78 is 19.1. The van der Waals surface area contributed by atoms with Crippen LogP contribution in [-0.4, -0.2) is 6.61 Å². The van der Waals surface area contributed by atoms with Gasteiger partial charge in [0.1, 0.15) is 11.6 Å². The van der Waals surface area contributed by atoms with Gasteiger partial charge in [0.2, 0.25) is 0 Å². The van der Waals surface area contributed by atoms with Crippen LogP contribution in [0.2, 0.25) is 0 Å². The molecule has 2 aromatic carbocycles. The molecular formula is C17H19FN2O. The molecule has 0 saturated carbocycles. The van der Waals surface area contributed by atoms with Crippen LogP contribution >= 0.6 is 0 Å². The fraction of sp³-hybridized carbons (Fsp3) is 0.294. The summed E-state index contributed by atoms with van der Waals surface area (Å²) in [6.07, 6.45) is 1.77. The fourth-order valence-electron chi connectivity index (χ4n) is 2.97. The highest BCUT2D eigenvalue weighted by Crippen LogP contribution is 2.38. The maximum atomic E-state index is 13.4. The quantitative estimate of drug-likeness (QED) is 0.670. The van der Waals surface area contributed by atoms with E-state index in [-0.39, 0.29) is 11.9 Å². The Morgan fingerprint density at radius 3 is 2.90 bits per heavy atom. The van der Waals surface area contributed by atoms with Crippen LogP contribution in [0.3, 0.4) is 0 Å². The van der Waals surface area contributed by atoms with Gasteiger partial charge in [0.05, 0.1) is 6.61 Å². The second-order valence-corrected chi connectivity index (χ2v) is 5.38. The molecule has 0 radical (unpaired) electrons. The van der Waals surface area contributed by atoms with Crippen LogP contribution in [0.4, 0.5) is 4.39 Å². The molecular weight excluding hydrogens is 267 g/mol. The Morgan fingerprint density at radius 1 is 1.24 bits per heavy atom. The summed E-state index contributed by atoms with van der Waals surface area (Å²) in [5.74, 6) is 6.76. The molecule has 2 unspecified atom stereocenters. The van der Waals surface area contributed by atoms with E-state index in [1.54, 1.807) is 6.07 Å². The number of hydrazine groups is 1. The zero-order valence-electron chi connectivity index (χ0n) is 11.8. The van der Waals surface area contributed by atoms with E-state index in [0.717, 1.165) is 24.2 Å². The predicted molar refractivity (Wildman–Crippen MR) is 80.4 cm³/mol. The second kappa shape index (κ2) is 6.24. The number of halogens is 1. The second-order valence-electron chi connectivity index (χ2n) is 5.38. The van der Waals surface area contributed by atoms with Crippen molar-refractivity contribution in [3.63, 3.8) is 0 Å². The third-order valence-electron chi connectivity index (χ3n) is 4.06. The predicted octanol–water partition coefficient (Wildman–Crippen LogP) is 3.29. The minimum atomic E-state index is -0.236. The van der Waals surface area contributed by atoms with E-state index in [2.05, 4.69) is 11.5 Å². The van der Waals surface area contributed by atoms with Gasteiger partial charge in [0.25, 0.3) is 0 Å². The van der Waals surface area contributed by atoms with Crippen molar-refractivity contribution in [1.82, 2.24) is 5.43 Å². The molecule has 3 rings (SSSR count). The molecule has 4 heteroatoms. The zero-order chi connectivity index (χ0) is 14.7. The van der Waals surface area contributed by atoms with Crippen LogP contribution in [-0.2, 0) is 0 Å². The van der Waals surface area contributed by atoms with Gasteiger partial charge in [-0.1, -0.05) is 30.3 Å². The van der Waals surface area contributed by atoms with E-state index >= 15 is 0 Å². The van der Waals surface area contributed by atoms with Crippen molar-refractivity contribution in [2.24, 2.45) is 5.84 Å². The summed E-state index contributed by atoms with van der Waals surface area (Å²) in [4.78, 5) is 0. The minimum absolute atomic E-state index is 0.0724. The molecule has 0 fully saturated rings. The van der Waals surface area contributed by atoms with E-state index in [9.17, 15) is 4.39 Å². The lowest BCUT2D eigenvalue weighted by Crippen LogP contribution is -2.30. The molecule has 21 heavy (non-hydrogen) atoms. The summed E-state index contributed by atoms with van der Waals surface area (Å²) >= 11 is 0. The first-order chi connectivity index (χ1) is 10.3. The van der Waals surface area contributed by atoms with Gasteiger partial charge in [-0.05, 0) is 48.1 Å². The van der Waals surface area contributed by atoms with Gasteiger partial charge < -0.3 is 4.74 Å². The molecule has 1 heterocycles. The van der Waals surface area contributed by atoms with Gasteiger partial charge in [-0.2, -0.15) is 0 Å². The van der Waals surface area contributed by atoms with Gasteiger partial charge in [-0.3, -0.25) is 11.3 Å². The topological polar surface area (TPSA) is 47.3 Å². The molecule has 0 saturated heterocycles. The third-order valence-corrected chi connectivity index (χ3v) is 4.06. The number of nitrogens with one attached hydrogen (secondary N) is 1. The lowest BCUT2D eigenvalue weighted by atomic mass is 9.86. The van der Waals surface area contributed by atoms with Crippen molar-refractivity contribution in [2.75, 3.05) is 6.61 Å². The summed E-state index contributed by atoms with van der Waals surface area (Å²) in [7, 11) is 0. The zero-order valence-corrected chi connectivity index (χ0v) is 11.8. The monoisotopic (exact) mass is 286 g/mol. The van der Waals surface area contributed by atoms with Gasteiger partial charge in [0.15, 0.2) is 0 Å². The molecule has 0 aliphatic carbocycles. The first-order valence-electron chi connectivity index (χ1n) is 7.21. The van der Waals surface area contributed by atoms with Crippen LogP contribution in [0.15, 0.2) is 48.5 Å². The van der Waals surface area contributed by atoms with Crippen molar-refractivity contribution in [1.29, 1.82) is 0 Å². The van der Waals surface area contributed by atoms with Gasteiger partial charge in [-0.15, -0.1) is 0 Å². The highest BCUT2D eigenvalue weighted by molar-refractivity contribution is 5.38. The largest absolute Gasteiger partial charge is 0.493 e. The smallest absolute Gasteiger partial charge is 0.123 e. The normalized spacial score (nSPS) is 18.7. The lowest BCUT2D eigenvalue weighted by molar-refractivity contribution is 0.255. The van der Waals surface area contributed by atoms with Crippen LogP contribution in [0, 0.1) is 5.82 Å². The van der Waals surface area contributed by atoms with Crippen molar-refractivity contribution in [3.8, 4) is 5.75 Å². The highest BCUT2D eigenvalue weighted by atomic mass is 19.1. The first-order valence-corrected chi connectivity index (χ1v) is 7.21. The Labute approximate surface area is 123 Å². The number of para-hydroxylation sites is 1. The van der Waals surface area contributed by atoms with E-state index in [4.69, 9.17) is 10.6 Å². The van der Waals surface area contributed by atoms with E-state index in [1.807, 2.05) is 24.3 Å². The average Bonchev–Trinajstić information content (AvgIpc) is 2.52. The molecule has 2 atom stereocenters. The Kier molecular flexibility index (Phi) is 4.18. The maximum Gasteiger partial charge on any atom is 0.123 e. The molecule has 1 aliphatic rings. The SMILES string of the molecule is NNC(CC1CCOc2ccccc21)c1cccc(F)c1. The van der Waals surface area contributed by atoms with Crippen LogP contribution in [0.1, 0.15) is 35.9 Å². The van der Waals surface area contributed by atoms with Crippen LogP contribution < -0.4 is 16.0 Å². The molecule has 1 aliphatic heterocycles. The summed E-state index contributed by atoms with van der Waals surface area (Å²) in [6, 6.07) is 14.6.